The van der Waals surface area contributed by atoms with E-state index in [9.17, 15) is 14.7 Å². The van der Waals surface area contributed by atoms with Crippen molar-refractivity contribution in [2.75, 3.05) is 0 Å². The van der Waals surface area contributed by atoms with Gasteiger partial charge in [-0.15, -0.1) is 0 Å². The van der Waals surface area contributed by atoms with Crippen LogP contribution in [0.4, 0.5) is 0 Å². The minimum atomic E-state index is -1.27. The molecule has 0 aliphatic carbocycles. The van der Waals surface area contributed by atoms with Crippen molar-refractivity contribution in [1.29, 1.82) is 0 Å². The van der Waals surface area contributed by atoms with E-state index < -0.39 is 24.0 Å². The molecule has 1 amide bonds. The van der Waals surface area contributed by atoms with E-state index in [-0.39, 0.29) is 5.91 Å². The summed E-state index contributed by atoms with van der Waals surface area (Å²) in [5, 5.41) is 12.9. The highest BCUT2D eigenvalue weighted by molar-refractivity contribution is 5.85. The molecule has 132 valence electrons. The molecule has 0 aromatic heterocycles. The van der Waals surface area contributed by atoms with Gasteiger partial charge in [-0.1, -0.05) is 60.7 Å². The number of rotatable bonds is 8. The Morgan fingerprint density at radius 2 is 1.44 bits per heavy atom. The fraction of sp³-hybridized carbons (Fsp3) is 0.300. The number of aliphatic hydroxyl groups is 1. The Bertz CT molecular complexity index is 689. The molecule has 0 aliphatic rings. The first kappa shape index (κ1) is 18.8. The molecule has 2 aromatic rings. The molecule has 0 fully saturated rings. The van der Waals surface area contributed by atoms with Crippen molar-refractivity contribution in [3.63, 3.8) is 0 Å². The molecule has 5 heteroatoms. The lowest BCUT2D eigenvalue weighted by Crippen LogP contribution is -2.53. The van der Waals surface area contributed by atoms with Crippen molar-refractivity contribution in [3.8, 4) is 0 Å². The average molecular weight is 340 g/mol. The molecule has 0 saturated heterocycles. The van der Waals surface area contributed by atoms with E-state index in [1.54, 1.807) is 0 Å². The molecule has 0 saturated carbocycles. The number of Topliss-reactive ketones (excluding diaryl/α,β-unsaturated/α-hetero) is 1. The molecule has 3 atom stereocenters. The summed E-state index contributed by atoms with van der Waals surface area (Å²) in [4.78, 5) is 24.0. The molecule has 0 radical (unpaired) electrons. The van der Waals surface area contributed by atoms with Crippen LogP contribution in [0, 0.1) is 0 Å². The first-order chi connectivity index (χ1) is 12.0. The van der Waals surface area contributed by atoms with Crippen molar-refractivity contribution in [2.24, 2.45) is 5.73 Å². The van der Waals surface area contributed by atoms with Gasteiger partial charge in [-0.25, -0.2) is 0 Å². The van der Waals surface area contributed by atoms with Gasteiger partial charge in [0, 0.05) is 0 Å². The summed E-state index contributed by atoms with van der Waals surface area (Å²) < 4.78 is 0. The Hall–Kier alpha value is -2.50. The van der Waals surface area contributed by atoms with E-state index in [2.05, 4.69) is 5.32 Å². The third kappa shape index (κ3) is 5.81. The number of hydrogen-bond acceptors (Lipinski definition) is 4. The molecule has 25 heavy (non-hydrogen) atoms. The maximum absolute atomic E-state index is 12.4. The van der Waals surface area contributed by atoms with Gasteiger partial charge in [0.2, 0.25) is 5.91 Å². The Kier molecular flexibility index (Phi) is 6.86. The number of ketones is 1. The van der Waals surface area contributed by atoms with Gasteiger partial charge in [0.15, 0.2) is 5.78 Å². The molecular weight excluding hydrogens is 316 g/mol. The molecular formula is C20H24N2O3. The number of hydrogen-bond donors (Lipinski definition) is 3. The normalized spacial score (nSPS) is 14.4. The Balaban J connectivity index is 2.04. The zero-order chi connectivity index (χ0) is 18.2. The SMILES string of the molecule is CC(=O)C(O)[C@H](Cc1ccccc1)NC(=O)[C@@H](N)Cc1ccccc1. The minimum absolute atomic E-state index is 0.353. The zero-order valence-electron chi connectivity index (χ0n) is 14.3. The van der Waals surface area contributed by atoms with Crippen molar-refractivity contribution in [3.05, 3.63) is 71.8 Å². The standard InChI is InChI=1S/C20H24N2O3/c1-14(23)19(24)18(13-16-10-6-3-7-11-16)22-20(25)17(21)12-15-8-4-2-5-9-15/h2-11,17-19,24H,12-13,21H2,1H3,(H,22,25)/t17-,18-,19?/m0/s1. The summed E-state index contributed by atoms with van der Waals surface area (Å²) in [6.45, 7) is 1.30. The predicted molar refractivity (Wildman–Crippen MR) is 96.9 cm³/mol. The first-order valence-electron chi connectivity index (χ1n) is 8.29. The second-order valence-corrected chi connectivity index (χ2v) is 6.16. The van der Waals surface area contributed by atoms with E-state index in [1.165, 1.54) is 6.92 Å². The summed E-state index contributed by atoms with van der Waals surface area (Å²) in [5.41, 5.74) is 7.87. The van der Waals surface area contributed by atoms with Crippen LogP contribution in [0.2, 0.25) is 0 Å². The predicted octanol–water partition coefficient (Wildman–Crippen LogP) is 1.23. The van der Waals surface area contributed by atoms with Gasteiger partial charge >= 0.3 is 0 Å². The number of carbonyl (C=O) groups is 2. The summed E-state index contributed by atoms with van der Waals surface area (Å²) in [6.07, 6.45) is -0.528. The van der Waals surface area contributed by atoms with Crippen molar-refractivity contribution in [2.45, 2.75) is 38.0 Å². The Labute approximate surface area is 147 Å². The lowest BCUT2D eigenvalue weighted by atomic mass is 9.98. The largest absolute Gasteiger partial charge is 0.383 e. The van der Waals surface area contributed by atoms with Crippen LogP contribution in [0.5, 0.6) is 0 Å². The fourth-order valence-corrected chi connectivity index (χ4v) is 2.64. The van der Waals surface area contributed by atoms with Crippen molar-refractivity contribution < 1.29 is 14.7 Å². The van der Waals surface area contributed by atoms with Gasteiger partial charge in [-0.05, 0) is 30.9 Å². The molecule has 2 rings (SSSR count). The maximum atomic E-state index is 12.4. The number of amides is 1. The third-order valence-electron chi connectivity index (χ3n) is 4.06. The summed E-state index contributed by atoms with van der Waals surface area (Å²) in [7, 11) is 0. The molecule has 4 N–H and O–H groups in total. The van der Waals surface area contributed by atoms with E-state index in [0.717, 1.165) is 11.1 Å². The van der Waals surface area contributed by atoms with Gasteiger partial charge in [0.05, 0.1) is 12.1 Å². The van der Waals surface area contributed by atoms with Crippen molar-refractivity contribution in [1.82, 2.24) is 5.32 Å². The summed E-state index contributed by atoms with van der Waals surface area (Å²) >= 11 is 0. The highest BCUT2D eigenvalue weighted by Gasteiger charge is 2.27. The molecule has 0 heterocycles. The van der Waals surface area contributed by atoms with Crippen LogP contribution in [-0.2, 0) is 22.4 Å². The third-order valence-corrected chi connectivity index (χ3v) is 4.06. The smallest absolute Gasteiger partial charge is 0.237 e. The topological polar surface area (TPSA) is 92.4 Å². The van der Waals surface area contributed by atoms with E-state index in [4.69, 9.17) is 5.73 Å². The monoisotopic (exact) mass is 340 g/mol. The van der Waals surface area contributed by atoms with E-state index in [0.29, 0.717) is 12.8 Å². The van der Waals surface area contributed by atoms with Crippen LogP contribution < -0.4 is 11.1 Å². The van der Waals surface area contributed by atoms with Crippen LogP contribution >= 0.6 is 0 Å². The molecule has 0 aliphatic heterocycles. The molecule has 1 unspecified atom stereocenters. The average Bonchev–Trinajstić information content (AvgIpc) is 2.62. The Morgan fingerprint density at radius 3 is 1.92 bits per heavy atom. The number of benzene rings is 2. The number of nitrogens with two attached hydrogens (primary N) is 1. The highest BCUT2D eigenvalue weighted by atomic mass is 16.3. The van der Waals surface area contributed by atoms with Gasteiger partial charge in [0.1, 0.15) is 6.10 Å². The lowest BCUT2D eigenvalue weighted by molar-refractivity contribution is -0.129. The quantitative estimate of drug-likeness (QED) is 0.674. The van der Waals surface area contributed by atoms with Crippen LogP contribution in [0.25, 0.3) is 0 Å². The van der Waals surface area contributed by atoms with E-state index in [1.807, 2.05) is 60.7 Å². The minimum Gasteiger partial charge on any atom is -0.383 e. The number of carbonyl (C=O) groups excluding carboxylic acids is 2. The van der Waals surface area contributed by atoms with Gasteiger partial charge in [0.25, 0.3) is 0 Å². The second-order valence-electron chi connectivity index (χ2n) is 6.16. The molecule has 2 aromatic carbocycles. The number of nitrogens with one attached hydrogen (secondary N) is 1. The maximum Gasteiger partial charge on any atom is 0.237 e. The fourth-order valence-electron chi connectivity index (χ4n) is 2.64. The summed E-state index contributed by atoms with van der Waals surface area (Å²) in [5.74, 6) is -0.775. The van der Waals surface area contributed by atoms with Crippen molar-refractivity contribution >= 4 is 11.7 Å². The van der Waals surface area contributed by atoms with Crippen LogP contribution in [0.1, 0.15) is 18.1 Å². The Morgan fingerprint density at radius 1 is 0.960 bits per heavy atom. The second kappa shape index (κ2) is 9.11. The first-order valence-corrected chi connectivity index (χ1v) is 8.29. The van der Waals surface area contributed by atoms with Gasteiger partial charge in [-0.2, -0.15) is 0 Å². The molecule has 0 bridgehead atoms. The van der Waals surface area contributed by atoms with Crippen LogP contribution in [-0.4, -0.2) is 35.0 Å². The zero-order valence-corrected chi connectivity index (χ0v) is 14.3. The van der Waals surface area contributed by atoms with E-state index >= 15 is 0 Å². The molecule has 0 spiro atoms. The number of aliphatic hydroxyl groups excluding tert-OH is 1. The van der Waals surface area contributed by atoms with Gasteiger partial charge < -0.3 is 16.2 Å². The summed E-state index contributed by atoms with van der Waals surface area (Å²) in [6, 6.07) is 17.4. The van der Waals surface area contributed by atoms with Crippen LogP contribution in [0.15, 0.2) is 60.7 Å². The molecule has 5 nitrogen and oxygen atoms in total. The van der Waals surface area contributed by atoms with Gasteiger partial charge in [-0.3, -0.25) is 9.59 Å². The lowest BCUT2D eigenvalue weighted by Gasteiger charge is -2.24. The highest BCUT2D eigenvalue weighted by Crippen LogP contribution is 2.08. The van der Waals surface area contributed by atoms with Crippen LogP contribution in [0.3, 0.4) is 0 Å².